The van der Waals surface area contributed by atoms with Crippen LogP contribution < -0.4 is 34.8 Å². The Morgan fingerprint density at radius 3 is 1.65 bits per heavy atom. The van der Waals surface area contributed by atoms with Gasteiger partial charge in [0.15, 0.2) is 0 Å². The van der Waals surface area contributed by atoms with Crippen molar-refractivity contribution in [3.63, 3.8) is 0 Å². The third-order valence-electron chi connectivity index (χ3n) is 5.25. The van der Waals surface area contributed by atoms with Crippen molar-refractivity contribution in [3.8, 4) is 0 Å². The van der Waals surface area contributed by atoms with Crippen molar-refractivity contribution in [2.75, 3.05) is 19.9 Å². The summed E-state index contributed by atoms with van der Waals surface area (Å²) in [5.41, 5.74) is 0. The molecule has 1 unspecified atom stereocenters. The number of halogens is 14. The van der Waals surface area contributed by atoms with Gasteiger partial charge in [0.05, 0.1) is 32.7 Å². The number of hydrogen-bond acceptors (Lipinski definition) is 8. The van der Waals surface area contributed by atoms with Gasteiger partial charge in [0.25, 0.3) is 0 Å². The minimum absolute atomic E-state index is 0. The maximum atomic E-state index is 13.8. The summed E-state index contributed by atoms with van der Waals surface area (Å²) < 4.78 is 195. The minimum atomic E-state index is -8.06. The van der Waals surface area contributed by atoms with E-state index < -0.39 is 79.1 Å². The molecule has 0 spiro atoms. The third-order valence-corrected chi connectivity index (χ3v) is 5.97. The molecule has 43 heavy (non-hydrogen) atoms. The Labute approximate surface area is 260 Å². The van der Waals surface area contributed by atoms with Crippen LogP contribution in [0.15, 0.2) is 0 Å². The van der Waals surface area contributed by atoms with Gasteiger partial charge in [-0.3, -0.25) is 19.0 Å². The summed E-state index contributed by atoms with van der Waals surface area (Å²) in [6.45, 7) is -2.75. The van der Waals surface area contributed by atoms with Gasteiger partial charge in [-0.1, -0.05) is 25.7 Å². The first-order valence-corrected chi connectivity index (χ1v) is 12.3. The number of rotatable bonds is 21. The van der Waals surface area contributed by atoms with Gasteiger partial charge in [-0.25, -0.2) is 0 Å². The van der Waals surface area contributed by atoms with E-state index in [1.807, 2.05) is 0 Å². The van der Waals surface area contributed by atoms with Crippen LogP contribution >= 0.6 is 12.0 Å². The van der Waals surface area contributed by atoms with E-state index in [1.54, 1.807) is 0 Å². The van der Waals surface area contributed by atoms with Gasteiger partial charge in [0.1, 0.15) is 5.25 Å². The van der Waals surface area contributed by atoms with Crippen LogP contribution in [0.5, 0.6) is 0 Å². The molecule has 0 rings (SSSR count). The molecule has 0 N–H and O–H groups in total. The van der Waals surface area contributed by atoms with Crippen molar-refractivity contribution in [1.29, 1.82) is 0 Å². The molecule has 7 nitrogen and oxygen atoms in total. The smallest absolute Gasteiger partial charge is 0.691 e. The molecule has 0 saturated carbocycles. The second-order valence-corrected chi connectivity index (χ2v) is 9.27. The van der Waals surface area contributed by atoms with Crippen molar-refractivity contribution in [1.82, 2.24) is 0 Å². The fourth-order valence-electron chi connectivity index (χ4n) is 2.85. The van der Waals surface area contributed by atoms with Gasteiger partial charge in [-0.05, 0) is 12.8 Å². The molecule has 0 aromatic rings. The SMILES string of the molecule is O=C(CC(SOO[O-])C(=O)OCCCCCCCCF)OCCC(F)(F)C(F)(F)C(F)(F)C(F)(F)C(F)(F)C(F)(F)F.[Na+]. The van der Waals surface area contributed by atoms with Crippen LogP contribution in [0.2, 0.25) is 0 Å². The zero-order valence-corrected chi connectivity index (χ0v) is 24.7. The van der Waals surface area contributed by atoms with Crippen molar-refractivity contribution in [2.45, 2.75) is 92.4 Å². The van der Waals surface area contributed by atoms with E-state index in [9.17, 15) is 76.3 Å². The average molecular weight is 696 g/mol. The molecule has 0 radical (unpaired) electrons. The molecular formula is C20H23F14NaO7S. The van der Waals surface area contributed by atoms with Gasteiger partial charge < -0.3 is 14.7 Å². The van der Waals surface area contributed by atoms with Crippen LogP contribution in [0.25, 0.3) is 0 Å². The van der Waals surface area contributed by atoms with Gasteiger partial charge in [0.2, 0.25) is 0 Å². The van der Waals surface area contributed by atoms with Crippen LogP contribution in [-0.4, -0.2) is 72.9 Å². The zero-order valence-electron chi connectivity index (χ0n) is 21.9. The number of hydrogen-bond donors (Lipinski definition) is 0. The van der Waals surface area contributed by atoms with Gasteiger partial charge >= 0.3 is 77.3 Å². The number of alkyl halides is 14. The monoisotopic (exact) mass is 696 g/mol. The molecule has 0 aromatic heterocycles. The number of carbonyl (C=O) groups is 2. The molecule has 0 aliphatic rings. The van der Waals surface area contributed by atoms with E-state index in [2.05, 4.69) is 14.1 Å². The fourth-order valence-corrected chi connectivity index (χ4v) is 3.33. The van der Waals surface area contributed by atoms with Crippen LogP contribution in [0, 0.1) is 0 Å². The first-order chi connectivity index (χ1) is 19.0. The van der Waals surface area contributed by atoms with Crippen LogP contribution in [0.1, 0.15) is 51.4 Å². The largest absolute Gasteiger partial charge is 1.00 e. The molecule has 0 amide bonds. The van der Waals surface area contributed by atoms with Gasteiger partial charge in [0, 0.05) is 12.0 Å². The Morgan fingerprint density at radius 1 is 0.674 bits per heavy atom. The van der Waals surface area contributed by atoms with Crippen LogP contribution in [-0.2, 0) is 28.4 Å². The van der Waals surface area contributed by atoms with Crippen molar-refractivity contribution >= 4 is 24.0 Å². The Balaban J connectivity index is 0. The topological polar surface area (TPSA) is 94.1 Å². The summed E-state index contributed by atoms with van der Waals surface area (Å²) in [6.07, 6.45) is -8.44. The molecular weight excluding hydrogens is 673 g/mol. The van der Waals surface area contributed by atoms with Gasteiger partial charge in [-0.15, -0.1) is 0 Å². The second kappa shape index (κ2) is 18.4. The van der Waals surface area contributed by atoms with Crippen molar-refractivity contribution in [2.24, 2.45) is 0 Å². The first kappa shape index (κ1) is 44.3. The van der Waals surface area contributed by atoms with E-state index in [1.165, 1.54) is 0 Å². The molecule has 23 heteroatoms. The number of ether oxygens (including phenoxy) is 2. The van der Waals surface area contributed by atoms with E-state index in [-0.39, 0.29) is 54.6 Å². The van der Waals surface area contributed by atoms with E-state index in [4.69, 9.17) is 4.74 Å². The van der Waals surface area contributed by atoms with Gasteiger partial charge in [-0.2, -0.15) is 61.4 Å². The molecule has 0 aliphatic heterocycles. The van der Waals surface area contributed by atoms with E-state index in [0.29, 0.717) is 32.1 Å². The Kier molecular flexibility index (Phi) is 18.9. The predicted molar refractivity (Wildman–Crippen MR) is 109 cm³/mol. The number of carbonyl (C=O) groups excluding carboxylic acids is 2. The molecule has 1 atom stereocenters. The van der Waals surface area contributed by atoms with E-state index in [0.717, 1.165) is 0 Å². The number of unbranched alkanes of at least 4 members (excludes halogenated alkanes) is 5. The normalized spacial score (nSPS) is 14.2. The molecule has 0 saturated heterocycles. The zero-order chi connectivity index (χ0) is 33.0. The molecule has 250 valence electrons. The van der Waals surface area contributed by atoms with E-state index >= 15 is 0 Å². The van der Waals surface area contributed by atoms with Crippen LogP contribution in [0.3, 0.4) is 0 Å². The standard InChI is InChI=1S/C20H24F14O7S.Na/c21-8-5-3-1-2-4-6-9-39-14(36)12(42-41-40-37)11-13(35)38-10-7-15(22,23)16(24,25)17(26,27)18(28,29)19(30,31)20(32,33)34;/h12,37H,1-11H2;/q;+1/p-1. The summed E-state index contributed by atoms with van der Waals surface area (Å²) in [7, 11) is 0. The summed E-state index contributed by atoms with van der Waals surface area (Å²) in [5, 5.41) is 11.1. The molecule has 0 aliphatic carbocycles. The van der Waals surface area contributed by atoms with Crippen molar-refractivity contribution in [3.05, 3.63) is 0 Å². The Hall–Kier alpha value is -0.810. The first-order valence-electron chi connectivity index (χ1n) is 11.5. The molecule has 0 aromatic carbocycles. The summed E-state index contributed by atoms with van der Waals surface area (Å²) in [5.74, 6) is -41.0. The quantitative estimate of drug-likeness (QED) is 0.0344. The van der Waals surface area contributed by atoms with Crippen molar-refractivity contribution < 1.29 is 125 Å². The third kappa shape index (κ3) is 11.8. The Bertz CT molecular complexity index is 849. The fraction of sp³-hybridized carbons (Fsp3) is 0.900. The van der Waals surface area contributed by atoms with Crippen LogP contribution in [0.4, 0.5) is 61.5 Å². The summed E-state index contributed by atoms with van der Waals surface area (Å²) in [4.78, 5) is 23.8. The molecule has 0 bridgehead atoms. The molecule has 0 heterocycles. The number of esters is 2. The molecule has 0 fully saturated rings. The second-order valence-electron chi connectivity index (χ2n) is 8.37. The predicted octanol–water partition coefficient (Wildman–Crippen LogP) is 3.15. The Morgan fingerprint density at radius 2 is 1.16 bits per heavy atom. The maximum absolute atomic E-state index is 13.8. The summed E-state index contributed by atoms with van der Waals surface area (Å²) in [6, 6.07) is 0. The minimum Gasteiger partial charge on any atom is -0.691 e. The average Bonchev–Trinajstić information content (AvgIpc) is 2.86. The maximum Gasteiger partial charge on any atom is 1.00 e. The summed E-state index contributed by atoms with van der Waals surface area (Å²) >= 11 is -0.170.